The van der Waals surface area contributed by atoms with Gasteiger partial charge in [0.25, 0.3) is 11.3 Å². The van der Waals surface area contributed by atoms with Gasteiger partial charge in [0.15, 0.2) is 10.9 Å². The van der Waals surface area contributed by atoms with Crippen LogP contribution in [-0.2, 0) is 23.9 Å². The highest BCUT2D eigenvalue weighted by Crippen LogP contribution is 2.24. The number of ether oxygens (including phenoxy) is 2. The lowest BCUT2D eigenvalue weighted by atomic mass is 10.1. The van der Waals surface area contributed by atoms with Crippen molar-refractivity contribution >= 4 is 92.0 Å². The second-order valence-electron chi connectivity index (χ2n) is 10.6. The summed E-state index contributed by atoms with van der Waals surface area (Å²) >= 11 is 5.92. The molecule has 0 radical (unpaired) electrons. The molecule has 2 heterocycles. The van der Waals surface area contributed by atoms with Gasteiger partial charge in [-0.1, -0.05) is 0 Å². The molecule has 1 atom stereocenters. The Hall–Kier alpha value is -5.06. The molecular weight excluding hydrogens is 801 g/mol. The molecule has 22 heteroatoms. The zero-order valence-corrected chi connectivity index (χ0v) is 37.4. The number of carbonyl (C=O) groups excluding carboxylic acids is 5. The van der Waals surface area contributed by atoms with Crippen LogP contribution in [0.15, 0.2) is 30.5 Å². The summed E-state index contributed by atoms with van der Waals surface area (Å²) in [5.41, 5.74) is 0.412. The van der Waals surface area contributed by atoms with Gasteiger partial charge in [-0.3, -0.25) is 33.6 Å². The summed E-state index contributed by atoms with van der Waals surface area (Å²) in [6.45, 7) is 9.16. The lowest BCUT2D eigenvalue weighted by Gasteiger charge is -2.05. The van der Waals surface area contributed by atoms with Crippen LogP contribution < -0.4 is 57.7 Å². The molecule has 1 aromatic heterocycles. The molecule has 1 aromatic carbocycles. The van der Waals surface area contributed by atoms with Crippen LogP contribution >= 0.6 is 34.4 Å². The molecule has 324 valence electrons. The molecule has 1 unspecified atom stereocenters. The molecule has 0 saturated heterocycles. The van der Waals surface area contributed by atoms with Gasteiger partial charge in [-0.05, 0) is 77.9 Å². The van der Waals surface area contributed by atoms with Gasteiger partial charge in [0.1, 0.15) is 12.1 Å². The minimum atomic E-state index is -0.487. The molecular formula is C35H62N10O9S3. The average Bonchev–Trinajstić information content (AvgIpc) is 3.85. The molecule has 0 spiro atoms. The number of anilines is 1. The van der Waals surface area contributed by atoms with Gasteiger partial charge in [-0.15, -0.1) is 11.3 Å². The Labute approximate surface area is 348 Å². The number of carbonyl (C=O) groups is 5. The SMILES string of the molecule is C=S1N=C(C)C(OCC)=N1.CCOc1c(C)c(=O)c1=O.CNC(=O)CC(=O)NC.CNC(=O)c1ccc(N(C)C=O)s1.CNC(=S)NC.CNCCCC(=O)NC.[HH]. The number of hydrogen-bond donors (Lipinski definition) is 7. The number of amides is 5. The first-order valence-electron chi connectivity index (χ1n) is 17.3. The van der Waals surface area contributed by atoms with Crippen molar-refractivity contribution in [3.8, 4) is 5.75 Å². The smallest absolute Gasteiger partial charge is 0.268 e. The van der Waals surface area contributed by atoms with E-state index < -0.39 is 21.7 Å². The molecule has 7 N–H and O–H groups in total. The highest BCUT2D eigenvalue weighted by atomic mass is 32.2. The number of nitrogens with zero attached hydrogens (tertiary/aromatic N) is 3. The van der Waals surface area contributed by atoms with Crippen molar-refractivity contribution in [2.75, 3.05) is 81.0 Å². The monoisotopic (exact) mass is 862 g/mol. The summed E-state index contributed by atoms with van der Waals surface area (Å²) in [4.78, 5) is 76.1. The molecule has 3 rings (SSSR count). The first kappa shape index (κ1) is 56.3. The lowest BCUT2D eigenvalue weighted by Crippen LogP contribution is -2.35. The first-order valence-corrected chi connectivity index (χ1v) is 19.9. The van der Waals surface area contributed by atoms with E-state index >= 15 is 0 Å². The number of nitrogens with one attached hydrogen (secondary N) is 7. The van der Waals surface area contributed by atoms with Crippen LogP contribution in [0, 0.1) is 6.92 Å². The normalized spacial score (nSPS) is 11.6. The van der Waals surface area contributed by atoms with Gasteiger partial charge in [-0.25, -0.2) is 4.40 Å². The van der Waals surface area contributed by atoms with Crippen LogP contribution in [0.1, 0.15) is 56.7 Å². The van der Waals surface area contributed by atoms with Crippen LogP contribution in [0.5, 0.6) is 5.75 Å². The zero-order valence-electron chi connectivity index (χ0n) is 34.9. The summed E-state index contributed by atoms with van der Waals surface area (Å²) in [7, 11) is 12.9. The standard InChI is InChI=1S/C8H10N2O2S.C7H8O3.C6H10N2OS.C6H14N2O.C5H10N2O2.C3H8N2S.H2/c1-9-8(12)6-3-4-7(13-6)10(2)5-11;1-3-10-7-4(2)5(8)6(7)9;1-4-9-6-5(2)7-10(3)8-6;1-7-5-3-4-6(9)8-2;1-6-4(8)3-5(9)7-2;1-4-3(6)5-2;/h3-5H,1-2H3,(H,9,12);3H2,1-2H3;3-4H2,1-2H3;7H,3-5H2,1-2H3,(H,8,9);3H2,1-2H3,(H,6,8)(H,7,9);1-2H3,(H2,4,5,6);1H. The van der Waals surface area contributed by atoms with E-state index in [1.807, 2.05) is 20.9 Å². The molecule has 1 aliphatic rings. The predicted octanol–water partition coefficient (Wildman–Crippen LogP) is 0.673. The molecule has 2 aromatic rings. The number of thiophene rings is 1. The molecule has 5 amide bonds. The minimum absolute atomic E-state index is 0. The van der Waals surface area contributed by atoms with Crippen molar-refractivity contribution in [2.45, 2.75) is 47.0 Å². The van der Waals surface area contributed by atoms with Crippen molar-refractivity contribution in [1.29, 1.82) is 0 Å². The third-order valence-electron chi connectivity index (χ3n) is 6.39. The fraction of sp³-hybridized carbons (Fsp3) is 0.514. The second-order valence-corrected chi connectivity index (χ2v) is 13.1. The van der Waals surface area contributed by atoms with E-state index in [0.29, 0.717) is 47.5 Å². The Morgan fingerprint density at radius 1 is 0.860 bits per heavy atom. The topological polar surface area (TPSA) is 250 Å². The van der Waals surface area contributed by atoms with E-state index in [1.54, 1.807) is 61.2 Å². The van der Waals surface area contributed by atoms with Gasteiger partial charge >= 0.3 is 0 Å². The van der Waals surface area contributed by atoms with Crippen LogP contribution in [0.3, 0.4) is 0 Å². The maximum absolute atomic E-state index is 11.1. The van der Waals surface area contributed by atoms with Gasteiger partial charge in [-0.2, -0.15) is 4.40 Å². The van der Waals surface area contributed by atoms with E-state index in [-0.39, 0.29) is 37.2 Å². The predicted molar refractivity (Wildman–Crippen MR) is 239 cm³/mol. The molecule has 1 aliphatic heterocycles. The second kappa shape index (κ2) is 34.2. The number of thiocarbonyl (C=S) groups is 1. The lowest BCUT2D eigenvalue weighted by molar-refractivity contribution is -0.128. The van der Waals surface area contributed by atoms with E-state index in [1.165, 1.54) is 30.3 Å². The Morgan fingerprint density at radius 2 is 1.40 bits per heavy atom. The Bertz CT molecular complexity index is 1690. The minimum Gasteiger partial charge on any atom is -0.489 e. The van der Waals surface area contributed by atoms with E-state index in [0.717, 1.165) is 23.7 Å². The molecule has 57 heavy (non-hydrogen) atoms. The molecule has 19 nitrogen and oxygen atoms in total. The Kier molecular flexibility index (Phi) is 33.8. The van der Waals surface area contributed by atoms with Crippen LogP contribution in [0.2, 0.25) is 0 Å². The fourth-order valence-corrected chi connectivity index (χ4v) is 4.95. The molecule has 0 saturated carbocycles. The summed E-state index contributed by atoms with van der Waals surface area (Å²) < 4.78 is 18.2. The van der Waals surface area contributed by atoms with E-state index in [9.17, 15) is 33.6 Å². The highest BCUT2D eigenvalue weighted by Gasteiger charge is 2.17. The van der Waals surface area contributed by atoms with E-state index in [4.69, 9.17) is 9.47 Å². The number of rotatable bonds is 12. The molecule has 0 fully saturated rings. The summed E-state index contributed by atoms with van der Waals surface area (Å²) in [5, 5.41) is 19.6. The van der Waals surface area contributed by atoms with Gasteiger partial charge in [0.05, 0.1) is 23.1 Å². The molecule has 0 aliphatic carbocycles. The van der Waals surface area contributed by atoms with Crippen molar-refractivity contribution in [2.24, 2.45) is 8.80 Å². The zero-order chi connectivity index (χ0) is 44.5. The van der Waals surface area contributed by atoms with Crippen molar-refractivity contribution < 1.29 is 34.9 Å². The van der Waals surface area contributed by atoms with Crippen LogP contribution in [0.25, 0.3) is 0 Å². The van der Waals surface area contributed by atoms with Crippen molar-refractivity contribution in [3.63, 3.8) is 0 Å². The molecule has 0 bridgehead atoms. The maximum Gasteiger partial charge on any atom is 0.268 e. The van der Waals surface area contributed by atoms with Crippen LogP contribution in [0.4, 0.5) is 5.00 Å². The maximum atomic E-state index is 11.1. The third kappa shape index (κ3) is 25.7. The summed E-state index contributed by atoms with van der Waals surface area (Å²) in [6.07, 6.45) is 2.15. The van der Waals surface area contributed by atoms with E-state index in [2.05, 4.69) is 64.1 Å². The quantitative estimate of drug-likeness (QED) is 0.0511. The van der Waals surface area contributed by atoms with Crippen molar-refractivity contribution in [1.82, 2.24) is 37.2 Å². The van der Waals surface area contributed by atoms with Gasteiger partial charge in [0.2, 0.25) is 35.5 Å². The Balaban J connectivity index is -0.000000305. The number of hydrogen-bond acceptors (Lipinski definition) is 14. The average molecular weight is 863 g/mol. The highest BCUT2D eigenvalue weighted by molar-refractivity contribution is 8.12. The van der Waals surface area contributed by atoms with Crippen LogP contribution in [-0.4, -0.2) is 129 Å². The summed E-state index contributed by atoms with van der Waals surface area (Å²) in [5.74, 6) is 4.04. The largest absolute Gasteiger partial charge is 0.489 e. The fourth-order valence-electron chi connectivity index (χ4n) is 3.26. The summed E-state index contributed by atoms with van der Waals surface area (Å²) in [6, 6.07) is 3.43. The van der Waals surface area contributed by atoms with Gasteiger partial charge < -0.3 is 51.6 Å². The van der Waals surface area contributed by atoms with Gasteiger partial charge in [0, 0.05) is 73.6 Å². The third-order valence-corrected chi connectivity index (χ3v) is 8.84. The first-order chi connectivity index (χ1) is 26.9. The Morgan fingerprint density at radius 3 is 1.77 bits per heavy atom. The van der Waals surface area contributed by atoms with Crippen molar-refractivity contribution in [3.05, 3.63) is 43.0 Å².